The predicted octanol–water partition coefficient (Wildman–Crippen LogP) is 0.335. The molecule has 1 atom stereocenters. The maximum atomic E-state index is 4.37. The van der Waals surface area contributed by atoms with Crippen LogP contribution in [0, 0.1) is 0 Å². The van der Waals surface area contributed by atoms with Gasteiger partial charge in [0.25, 0.3) is 0 Å². The molecule has 1 fully saturated rings. The summed E-state index contributed by atoms with van der Waals surface area (Å²) < 4.78 is 0. The van der Waals surface area contributed by atoms with Crippen LogP contribution in [0.4, 0.5) is 0 Å². The molecule has 0 aromatic rings. The Morgan fingerprint density at radius 3 is 2.44 bits per heavy atom. The third kappa shape index (κ3) is 1.55. The minimum atomic E-state index is 0.280. The van der Waals surface area contributed by atoms with Gasteiger partial charge in [0.2, 0.25) is 0 Å². The van der Waals surface area contributed by atoms with E-state index in [1.165, 1.54) is 0 Å². The van der Waals surface area contributed by atoms with Crippen molar-refractivity contribution in [1.82, 2.24) is 9.80 Å². The van der Waals surface area contributed by atoms with Crippen LogP contribution in [0.2, 0.25) is 0 Å². The normalized spacial score (nSPS) is 31.7. The van der Waals surface area contributed by atoms with Gasteiger partial charge in [-0.2, -0.15) is 12.6 Å². The lowest BCUT2D eigenvalue weighted by molar-refractivity contribution is 0.275. The van der Waals surface area contributed by atoms with Crippen LogP contribution < -0.4 is 0 Å². The van der Waals surface area contributed by atoms with Crippen LogP contribution in [-0.2, 0) is 0 Å². The molecule has 1 unspecified atom stereocenters. The minimum Gasteiger partial charge on any atom is -0.281 e. The fourth-order valence-corrected chi connectivity index (χ4v) is 1.68. The monoisotopic (exact) mass is 164 g/mol. The summed E-state index contributed by atoms with van der Waals surface area (Å²) in [5.74, 6) is 0.804. The van der Waals surface area contributed by atoms with Gasteiger partial charge in [-0.05, 0) is 7.05 Å². The first kappa shape index (κ1) is 7.72. The van der Waals surface area contributed by atoms with Gasteiger partial charge in [-0.3, -0.25) is 9.80 Å². The number of likely N-dealkylation sites (N-methyl/N-ethyl adjacent to an activating group) is 1. The Kier molecular flexibility index (Phi) is 2.70. The van der Waals surface area contributed by atoms with Crippen molar-refractivity contribution in [2.75, 3.05) is 26.0 Å². The van der Waals surface area contributed by atoms with E-state index < -0.39 is 0 Å². The van der Waals surface area contributed by atoms with Gasteiger partial charge in [0.05, 0.1) is 0 Å². The number of thiol groups is 2. The molecule has 54 valence electrons. The summed E-state index contributed by atoms with van der Waals surface area (Å²) in [6.07, 6.45) is 0. The second-order valence-electron chi connectivity index (χ2n) is 2.28. The van der Waals surface area contributed by atoms with Gasteiger partial charge in [-0.15, -0.1) is 12.6 Å². The van der Waals surface area contributed by atoms with E-state index in [1.807, 2.05) is 0 Å². The molecule has 0 bridgehead atoms. The first-order valence-corrected chi connectivity index (χ1v) is 4.14. The Bertz CT molecular complexity index is 99.0. The maximum absolute atomic E-state index is 4.37. The summed E-state index contributed by atoms with van der Waals surface area (Å²) in [4.78, 5) is 4.39. The van der Waals surface area contributed by atoms with Crippen molar-refractivity contribution in [3.8, 4) is 0 Å². The number of hydrogen-bond acceptors (Lipinski definition) is 4. The van der Waals surface area contributed by atoms with Crippen LogP contribution in [0.1, 0.15) is 0 Å². The lowest BCUT2D eigenvalue weighted by Gasteiger charge is -2.20. The van der Waals surface area contributed by atoms with Gasteiger partial charge in [-0.25, -0.2) is 0 Å². The van der Waals surface area contributed by atoms with Gasteiger partial charge in [0, 0.05) is 19.0 Å². The molecule has 1 aliphatic rings. The molecule has 0 spiro atoms. The molecule has 0 aliphatic carbocycles. The van der Waals surface area contributed by atoms with Gasteiger partial charge in [-0.1, -0.05) is 0 Å². The molecular formula is C5H12N2S2. The largest absolute Gasteiger partial charge is 0.281 e. The van der Waals surface area contributed by atoms with E-state index in [4.69, 9.17) is 0 Å². The Balaban J connectivity index is 2.41. The third-order valence-corrected chi connectivity index (χ3v) is 2.73. The summed E-state index contributed by atoms with van der Waals surface area (Å²) >= 11 is 8.53. The quantitative estimate of drug-likeness (QED) is 0.539. The molecule has 0 radical (unpaired) electrons. The van der Waals surface area contributed by atoms with Crippen molar-refractivity contribution >= 4 is 25.3 Å². The number of nitrogens with zero attached hydrogens (tertiary/aromatic N) is 2. The molecule has 9 heavy (non-hydrogen) atoms. The summed E-state index contributed by atoms with van der Waals surface area (Å²) in [5, 5.41) is 0. The predicted molar refractivity (Wildman–Crippen MR) is 46.0 cm³/mol. The molecule has 0 amide bonds. The van der Waals surface area contributed by atoms with Crippen molar-refractivity contribution in [2.24, 2.45) is 0 Å². The van der Waals surface area contributed by atoms with Crippen LogP contribution in [0.5, 0.6) is 0 Å². The van der Waals surface area contributed by atoms with Gasteiger partial charge in [0.15, 0.2) is 0 Å². The summed E-state index contributed by atoms with van der Waals surface area (Å²) in [6, 6.07) is 0. The third-order valence-electron chi connectivity index (χ3n) is 1.64. The van der Waals surface area contributed by atoms with Crippen molar-refractivity contribution in [3.05, 3.63) is 0 Å². The fraction of sp³-hybridized carbons (Fsp3) is 1.00. The van der Waals surface area contributed by atoms with E-state index in [1.54, 1.807) is 0 Å². The van der Waals surface area contributed by atoms with Crippen LogP contribution in [0.3, 0.4) is 0 Å². The second-order valence-corrected chi connectivity index (χ2v) is 3.03. The van der Waals surface area contributed by atoms with E-state index in [2.05, 4.69) is 42.1 Å². The maximum Gasteiger partial charge on any atom is 0.108 e. The van der Waals surface area contributed by atoms with Crippen LogP contribution in [-0.4, -0.2) is 41.3 Å². The summed E-state index contributed by atoms with van der Waals surface area (Å²) in [6.45, 7) is 2.20. The summed E-state index contributed by atoms with van der Waals surface area (Å²) in [7, 11) is 2.07. The lowest BCUT2D eigenvalue weighted by Crippen LogP contribution is -2.30. The highest BCUT2D eigenvalue weighted by Crippen LogP contribution is 2.14. The van der Waals surface area contributed by atoms with Crippen molar-refractivity contribution in [3.63, 3.8) is 0 Å². The summed E-state index contributed by atoms with van der Waals surface area (Å²) in [5.41, 5.74) is 0.280. The first-order valence-electron chi connectivity index (χ1n) is 2.99. The molecule has 2 nitrogen and oxygen atoms in total. The van der Waals surface area contributed by atoms with E-state index in [9.17, 15) is 0 Å². The van der Waals surface area contributed by atoms with Crippen molar-refractivity contribution in [1.29, 1.82) is 0 Å². The molecule has 0 aromatic carbocycles. The second kappa shape index (κ2) is 3.14. The van der Waals surface area contributed by atoms with E-state index in [0.717, 1.165) is 19.0 Å². The van der Waals surface area contributed by atoms with Crippen LogP contribution >= 0.6 is 25.3 Å². The molecule has 1 rings (SSSR count). The molecule has 0 N–H and O–H groups in total. The van der Waals surface area contributed by atoms with E-state index in [-0.39, 0.29) is 5.50 Å². The average molecular weight is 164 g/mol. The highest BCUT2D eigenvalue weighted by atomic mass is 32.1. The highest BCUT2D eigenvalue weighted by molar-refractivity contribution is 7.81. The van der Waals surface area contributed by atoms with Crippen molar-refractivity contribution < 1.29 is 0 Å². The van der Waals surface area contributed by atoms with Gasteiger partial charge < -0.3 is 0 Å². The Morgan fingerprint density at radius 1 is 1.56 bits per heavy atom. The van der Waals surface area contributed by atoms with E-state index in [0.29, 0.717) is 0 Å². The van der Waals surface area contributed by atoms with Gasteiger partial charge in [0.1, 0.15) is 5.50 Å². The highest BCUT2D eigenvalue weighted by Gasteiger charge is 2.23. The fourth-order valence-electron chi connectivity index (χ4n) is 0.940. The SMILES string of the molecule is CN1CCN(CS)C1S. The Labute approximate surface area is 67.0 Å². The smallest absolute Gasteiger partial charge is 0.108 e. The molecule has 1 saturated heterocycles. The Morgan fingerprint density at radius 2 is 2.22 bits per heavy atom. The van der Waals surface area contributed by atoms with Crippen LogP contribution in [0.15, 0.2) is 0 Å². The number of hydrogen-bond donors (Lipinski definition) is 2. The standard InChI is InChI=1S/C5H12N2S2/c1-6-2-3-7(4-8)5(6)9/h5,8-9H,2-4H2,1H3. The van der Waals surface area contributed by atoms with Crippen LogP contribution in [0.25, 0.3) is 0 Å². The first-order chi connectivity index (χ1) is 4.25. The number of rotatable bonds is 1. The molecule has 0 saturated carbocycles. The zero-order chi connectivity index (χ0) is 6.85. The molecule has 1 heterocycles. The molecular weight excluding hydrogens is 152 g/mol. The average Bonchev–Trinajstić information content (AvgIpc) is 2.15. The zero-order valence-corrected chi connectivity index (χ0v) is 7.28. The molecule has 0 aromatic heterocycles. The zero-order valence-electron chi connectivity index (χ0n) is 5.49. The topological polar surface area (TPSA) is 6.48 Å². The molecule has 4 heteroatoms. The minimum absolute atomic E-state index is 0.280. The Hall–Kier alpha value is 0.620. The molecule has 1 aliphatic heterocycles. The lowest BCUT2D eigenvalue weighted by atomic mass is 10.6. The van der Waals surface area contributed by atoms with Gasteiger partial charge >= 0.3 is 0 Å². The van der Waals surface area contributed by atoms with Crippen molar-refractivity contribution in [2.45, 2.75) is 5.50 Å². The van der Waals surface area contributed by atoms with E-state index >= 15 is 0 Å².